The molecule has 1 atom stereocenters. The summed E-state index contributed by atoms with van der Waals surface area (Å²) in [4.78, 5) is 20.0. The number of nitrogens with zero attached hydrogens (tertiary/aromatic N) is 2. The van der Waals surface area contributed by atoms with Gasteiger partial charge in [0, 0.05) is 36.5 Å². The maximum Gasteiger partial charge on any atom is 0.225 e. The third kappa shape index (κ3) is 5.91. The average molecular weight is 464 g/mol. The molecule has 1 fully saturated rings. The van der Waals surface area contributed by atoms with Crippen molar-refractivity contribution < 1.29 is 4.79 Å². The fraction of sp³-hybridized carbons (Fsp3) is 0.647. The van der Waals surface area contributed by atoms with Crippen molar-refractivity contribution in [2.24, 2.45) is 10.9 Å². The van der Waals surface area contributed by atoms with Crippen molar-refractivity contribution in [3.63, 3.8) is 0 Å². The molecule has 1 aromatic rings. The fourth-order valence-corrected chi connectivity index (χ4v) is 3.50. The van der Waals surface area contributed by atoms with Gasteiger partial charge in [0.05, 0.1) is 6.54 Å². The topological polar surface area (TPSA) is 56.7 Å². The first-order chi connectivity index (χ1) is 11.0. The second-order valence-corrected chi connectivity index (χ2v) is 7.29. The average Bonchev–Trinajstić information content (AvgIpc) is 3.13. The van der Waals surface area contributed by atoms with Crippen LogP contribution in [0.5, 0.6) is 0 Å². The first kappa shape index (κ1) is 21.2. The van der Waals surface area contributed by atoms with E-state index in [9.17, 15) is 4.79 Å². The molecule has 1 aromatic heterocycles. The molecule has 0 spiro atoms. The Morgan fingerprint density at radius 3 is 2.83 bits per heavy atom. The molecule has 0 bridgehead atoms. The van der Waals surface area contributed by atoms with Crippen molar-refractivity contribution in [2.75, 3.05) is 19.6 Å². The number of aryl methyl sites for hydroxylation is 1. The normalized spacial score (nSPS) is 17.8. The van der Waals surface area contributed by atoms with Gasteiger partial charge in [0.1, 0.15) is 0 Å². The maximum atomic E-state index is 12.1. The van der Waals surface area contributed by atoms with Crippen LogP contribution in [-0.2, 0) is 11.3 Å². The van der Waals surface area contributed by atoms with Gasteiger partial charge in [-0.15, -0.1) is 35.3 Å². The summed E-state index contributed by atoms with van der Waals surface area (Å²) < 4.78 is 0. The SMILES string of the molecule is CCNC(=NCc1sccc1C)NC1CCN(C(=O)C(C)C)C1.I. The van der Waals surface area contributed by atoms with Crippen molar-refractivity contribution in [1.29, 1.82) is 0 Å². The van der Waals surface area contributed by atoms with E-state index in [-0.39, 0.29) is 41.8 Å². The van der Waals surface area contributed by atoms with Crippen molar-refractivity contribution in [1.82, 2.24) is 15.5 Å². The summed E-state index contributed by atoms with van der Waals surface area (Å²) in [5, 5.41) is 8.87. The van der Waals surface area contributed by atoms with Crippen LogP contribution in [0.1, 0.15) is 37.6 Å². The number of carbonyl (C=O) groups excluding carboxylic acids is 1. The number of thiophene rings is 1. The minimum absolute atomic E-state index is 0. The summed E-state index contributed by atoms with van der Waals surface area (Å²) >= 11 is 1.74. The van der Waals surface area contributed by atoms with Gasteiger partial charge in [0.15, 0.2) is 5.96 Å². The first-order valence-electron chi connectivity index (χ1n) is 8.37. The van der Waals surface area contributed by atoms with Gasteiger partial charge in [-0.05, 0) is 37.3 Å². The third-order valence-corrected chi connectivity index (χ3v) is 5.04. The summed E-state index contributed by atoms with van der Waals surface area (Å²) in [7, 11) is 0. The Morgan fingerprint density at radius 1 is 1.50 bits per heavy atom. The van der Waals surface area contributed by atoms with Crippen LogP contribution in [0.15, 0.2) is 16.4 Å². The van der Waals surface area contributed by atoms with Crippen LogP contribution in [0, 0.1) is 12.8 Å². The third-order valence-electron chi connectivity index (χ3n) is 4.03. The lowest BCUT2D eigenvalue weighted by atomic mass is 10.2. The molecule has 2 N–H and O–H groups in total. The van der Waals surface area contributed by atoms with Gasteiger partial charge < -0.3 is 15.5 Å². The molecular weight excluding hydrogens is 435 g/mol. The maximum absolute atomic E-state index is 12.1. The van der Waals surface area contributed by atoms with Crippen molar-refractivity contribution in [2.45, 2.75) is 46.7 Å². The van der Waals surface area contributed by atoms with E-state index < -0.39 is 0 Å². The van der Waals surface area contributed by atoms with Crippen molar-refractivity contribution >= 4 is 47.2 Å². The molecule has 24 heavy (non-hydrogen) atoms. The van der Waals surface area contributed by atoms with Gasteiger partial charge in [0.2, 0.25) is 5.91 Å². The van der Waals surface area contributed by atoms with E-state index in [1.165, 1.54) is 10.4 Å². The molecule has 1 unspecified atom stereocenters. The summed E-state index contributed by atoms with van der Waals surface area (Å²) in [5.74, 6) is 1.15. The number of hydrogen-bond acceptors (Lipinski definition) is 3. The smallest absolute Gasteiger partial charge is 0.225 e. The molecule has 2 heterocycles. The van der Waals surface area contributed by atoms with E-state index >= 15 is 0 Å². The van der Waals surface area contributed by atoms with E-state index in [1.807, 2.05) is 18.7 Å². The minimum Gasteiger partial charge on any atom is -0.357 e. The molecule has 136 valence electrons. The number of aliphatic imine (C=N–C) groups is 1. The predicted molar refractivity (Wildman–Crippen MR) is 112 cm³/mol. The quantitative estimate of drug-likeness (QED) is 0.400. The van der Waals surface area contributed by atoms with Gasteiger partial charge in [0.25, 0.3) is 0 Å². The molecule has 1 aliphatic rings. The Morgan fingerprint density at radius 2 is 2.25 bits per heavy atom. The largest absolute Gasteiger partial charge is 0.357 e. The van der Waals surface area contributed by atoms with E-state index in [4.69, 9.17) is 0 Å². The molecule has 0 aliphatic carbocycles. The summed E-state index contributed by atoms with van der Waals surface area (Å²) in [5.41, 5.74) is 1.30. The van der Waals surface area contributed by atoms with Gasteiger partial charge in [-0.3, -0.25) is 4.79 Å². The van der Waals surface area contributed by atoms with Gasteiger partial charge in [-0.25, -0.2) is 4.99 Å². The lowest BCUT2D eigenvalue weighted by molar-refractivity contribution is -0.133. The van der Waals surface area contributed by atoms with Crippen molar-refractivity contribution in [3.05, 3.63) is 21.9 Å². The fourth-order valence-electron chi connectivity index (χ4n) is 2.67. The standard InChI is InChI=1S/C17H28N4OS.HI/c1-5-18-17(19-10-15-13(4)7-9-23-15)20-14-6-8-21(11-14)16(22)12(2)3;/h7,9,12,14H,5-6,8,10-11H2,1-4H3,(H2,18,19,20);1H. The number of carbonyl (C=O) groups is 1. The molecule has 0 aromatic carbocycles. The van der Waals surface area contributed by atoms with Gasteiger partial charge >= 0.3 is 0 Å². The van der Waals surface area contributed by atoms with E-state index in [1.54, 1.807) is 11.3 Å². The highest BCUT2D eigenvalue weighted by atomic mass is 127. The van der Waals surface area contributed by atoms with Crippen LogP contribution >= 0.6 is 35.3 Å². The van der Waals surface area contributed by atoms with E-state index in [0.717, 1.165) is 32.0 Å². The Hall–Kier alpha value is -0.830. The van der Waals surface area contributed by atoms with Crippen LogP contribution in [0.4, 0.5) is 0 Å². The van der Waals surface area contributed by atoms with Gasteiger partial charge in [-0.2, -0.15) is 0 Å². The van der Waals surface area contributed by atoms with Crippen LogP contribution in [0.25, 0.3) is 0 Å². The highest BCUT2D eigenvalue weighted by Gasteiger charge is 2.27. The Balaban J connectivity index is 0.00000288. The Bertz CT molecular complexity index is 559. The zero-order valence-corrected chi connectivity index (χ0v) is 18.1. The molecule has 1 aliphatic heterocycles. The molecule has 0 radical (unpaired) electrons. The number of amides is 1. The molecule has 0 saturated carbocycles. The summed E-state index contributed by atoms with van der Waals surface area (Å²) in [6.45, 7) is 11.2. The lowest BCUT2D eigenvalue weighted by Crippen LogP contribution is -2.45. The number of halogens is 1. The molecule has 7 heteroatoms. The Labute approximate surface area is 166 Å². The number of guanidine groups is 1. The van der Waals surface area contributed by atoms with Crippen molar-refractivity contribution in [3.8, 4) is 0 Å². The van der Waals surface area contributed by atoms with Gasteiger partial charge in [-0.1, -0.05) is 13.8 Å². The second kappa shape index (κ2) is 10.2. The highest BCUT2D eigenvalue weighted by Crippen LogP contribution is 2.16. The predicted octanol–water partition coefficient (Wildman–Crippen LogP) is 2.99. The summed E-state index contributed by atoms with van der Waals surface area (Å²) in [6.07, 6.45) is 0.973. The van der Waals surface area contributed by atoms with Crippen LogP contribution in [0.2, 0.25) is 0 Å². The first-order valence-corrected chi connectivity index (χ1v) is 9.25. The van der Waals surface area contributed by atoms with Crippen LogP contribution in [0.3, 0.4) is 0 Å². The molecule has 2 rings (SSSR count). The zero-order valence-electron chi connectivity index (χ0n) is 15.0. The highest BCUT2D eigenvalue weighted by molar-refractivity contribution is 14.0. The molecule has 1 amide bonds. The molecule has 1 saturated heterocycles. The van der Waals surface area contributed by atoms with Crippen LogP contribution < -0.4 is 10.6 Å². The number of nitrogens with one attached hydrogen (secondary N) is 2. The zero-order chi connectivity index (χ0) is 16.8. The van der Waals surface area contributed by atoms with E-state index in [0.29, 0.717) is 6.54 Å². The van der Waals surface area contributed by atoms with E-state index in [2.05, 4.69) is 40.9 Å². The minimum atomic E-state index is 0. The van der Waals surface area contributed by atoms with Crippen LogP contribution in [-0.4, -0.2) is 42.4 Å². The lowest BCUT2D eigenvalue weighted by Gasteiger charge is -2.20. The molecule has 5 nitrogen and oxygen atoms in total. The number of rotatable bonds is 5. The second-order valence-electron chi connectivity index (χ2n) is 6.29. The molecular formula is C17H29IN4OS. The summed E-state index contributed by atoms with van der Waals surface area (Å²) in [6, 6.07) is 2.40. The Kier molecular flexibility index (Phi) is 9.04. The number of hydrogen-bond donors (Lipinski definition) is 2. The number of likely N-dealkylation sites (tertiary alicyclic amines) is 1. The monoisotopic (exact) mass is 464 g/mol.